The Hall–Kier alpha value is -2.41. The molecule has 3 rings (SSSR count). The number of anilines is 2. The summed E-state index contributed by atoms with van der Waals surface area (Å²) in [6.45, 7) is 0. The van der Waals surface area contributed by atoms with Crippen LogP contribution in [0.25, 0.3) is 0 Å². The minimum Gasteiger partial charge on any atom is -0.335 e. The lowest BCUT2D eigenvalue weighted by Crippen LogP contribution is -2.30. The van der Waals surface area contributed by atoms with Gasteiger partial charge in [0.25, 0.3) is 5.91 Å². The van der Waals surface area contributed by atoms with E-state index in [2.05, 4.69) is 31.9 Å². The van der Waals surface area contributed by atoms with Crippen LogP contribution in [0.3, 0.4) is 0 Å². The zero-order valence-corrected chi connectivity index (χ0v) is 14.2. The van der Waals surface area contributed by atoms with Crippen molar-refractivity contribution in [1.82, 2.24) is 5.32 Å². The molecule has 0 saturated heterocycles. The summed E-state index contributed by atoms with van der Waals surface area (Å²) >= 11 is 3.21. The molecule has 0 aromatic heterocycles. The molecule has 3 amide bonds. The number of halogens is 2. The maximum absolute atomic E-state index is 13.7. The lowest BCUT2D eigenvalue weighted by Gasteiger charge is -2.09. The molecule has 1 saturated carbocycles. The van der Waals surface area contributed by atoms with Crippen molar-refractivity contribution in [3.8, 4) is 0 Å². The Morgan fingerprint density at radius 3 is 2.25 bits per heavy atom. The summed E-state index contributed by atoms with van der Waals surface area (Å²) in [5.41, 5.74) is 1.07. The van der Waals surface area contributed by atoms with Gasteiger partial charge in [0, 0.05) is 21.9 Å². The molecule has 1 fully saturated rings. The number of hydrogen-bond acceptors (Lipinski definition) is 2. The van der Waals surface area contributed by atoms with Gasteiger partial charge in [0.05, 0.1) is 5.56 Å². The van der Waals surface area contributed by atoms with Crippen LogP contribution < -0.4 is 16.0 Å². The van der Waals surface area contributed by atoms with Gasteiger partial charge in [-0.2, -0.15) is 0 Å². The van der Waals surface area contributed by atoms with E-state index in [0.717, 1.165) is 12.8 Å². The largest absolute Gasteiger partial charge is 0.335 e. The molecule has 24 heavy (non-hydrogen) atoms. The van der Waals surface area contributed by atoms with Crippen molar-refractivity contribution in [3.05, 3.63) is 58.3 Å². The lowest BCUT2D eigenvalue weighted by molar-refractivity contribution is 0.102. The van der Waals surface area contributed by atoms with E-state index in [-0.39, 0.29) is 17.6 Å². The van der Waals surface area contributed by atoms with Crippen LogP contribution in [0.1, 0.15) is 23.2 Å². The maximum atomic E-state index is 13.7. The molecule has 5 nitrogen and oxygen atoms in total. The lowest BCUT2D eigenvalue weighted by atomic mass is 10.2. The van der Waals surface area contributed by atoms with Crippen LogP contribution >= 0.6 is 15.9 Å². The van der Waals surface area contributed by atoms with Crippen molar-refractivity contribution in [1.29, 1.82) is 0 Å². The first-order chi connectivity index (χ1) is 11.5. The third-order valence-corrected chi connectivity index (χ3v) is 3.98. The first-order valence-electron chi connectivity index (χ1n) is 7.45. The van der Waals surface area contributed by atoms with Gasteiger partial charge >= 0.3 is 6.03 Å². The molecule has 1 aliphatic carbocycles. The van der Waals surface area contributed by atoms with Gasteiger partial charge in [-0.05, 0) is 55.3 Å². The number of nitrogens with one attached hydrogen (secondary N) is 3. The minimum absolute atomic E-state index is 0.0459. The van der Waals surface area contributed by atoms with E-state index in [9.17, 15) is 14.0 Å². The van der Waals surface area contributed by atoms with Crippen molar-refractivity contribution in [2.75, 3.05) is 10.6 Å². The van der Waals surface area contributed by atoms with Gasteiger partial charge in [-0.3, -0.25) is 4.79 Å². The summed E-state index contributed by atoms with van der Waals surface area (Å²) in [5, 5.41) is 8.15. The van der Waals surface area contributed by atoms with Crippen LogP contribution in [0.5, 0.6) is 0 Å². The molecular formula is C17H15BrFN3O2. The first-order valence-corrected chi connectivity index (χ1v) is 8.24. The molecule has 1 aliphatic rings. The standard InChI is InChI=1S/C17H15BrFN3O2/c18-10-1-8-15(19)14(9-10)16(23)20-11-2-4-12(5-3-11)21-17(24)22-13-6-7-13/h1-5,8-9,13H,6-7H2,(H,20,23)(H2,21,22,24). The number of carbonyl (C=O) groups excluding carboxylic acids is 2. The highest BCUT2D eigenvalue weighted by molar-refractivity contribution is 9.10. The Balaban J connectivity index is 1.61. The summed E-state index contributed by atoms with van der Waals surface area (Å²) in [6.07, 6.45) is 2.04. The Bertz CT molecular complexity index is 776. The molecule has 0 heterocycles. The molecule has 0 aliphatic heterocycles. The highest BCUT2D eigenvalue weighted by Gasteiger charge is 2.23. The van der Waals surface area contributed by atoms with Crippen LogP contribution in [0, 0.1) is 5.82 Å². The van der Waals surface area contributed by atoms with Crippen LogP contribution in [0.2, 0.25) is 0 Å². The van der Waals surface area contributed by atoms with Crippen molar-refractivity contribution in [3.63, 3.8) is 0 Å². The van der Waals surface area contributed by atoms with E-state index in [4.69, 9.17) is 0 Å². The van der Waals surface area contributed by atoms with E-state index in [0.29, 0.717) is 15.8 Å². The zero-order chi connectivity index (χ0) is 17.1. The summed E-state index contributed by atoms with van der Waals surface area (Å²) in [5.74, 6) is -1.13. The molecule has 0 bridgehead atoms. The number of amides is 3. The van der Waals surface area contributed by atoms with E-state index in [1.165, 1.54) is 18.2 Å². The number of benzene rings is 2. The zero-order valence-electron chi connectivity index (χ0n) is 12.6. The fraction of sp³-hybridized carbons (Fsp3) is 0.176. The molecular weight excluding hydrogens is 377 g/mol. The number of rotatable bonds is 4. The fourth-order valence-electron chi connectivity index (χ4n) is 2.09. The normalized spacial score (nSPS) is 13.2. The van der Waals surface area contributed by atoms with Crippen LogP contribution in [-0.2, 0) is 0 Å². The molecule has 0 unspecified atom stereocenters. The van der Waals surface area contributed by atoms with E-state index >= 15 is 0 Å². The fourth-order valence-corrected chi connectivity index (χ4v) is 2.45. The van der Waals surface area contributed by atoms with Crippen LogP contribution in [0.15, 0.2) is 46.9 Å². The van der Waals surface area contributed by atoms with Crippen LogP contribution in [-0.4, -0.2) is 18.0 Å². The summed E-state index contributed by atoms with van der Waals surface area (Å²) in [4.78, 5) is 23.8. The van der Waals surface area contributed by atoms with Crippen LogP contribution in [0.4, 0.5) is 20.6 Å². The summed E-state index contributed by atoms with van der Waals surface area (Å²) in [6, 6.07) is 10.8. The molecule has 2 aromatic carbocycles. The van der Waals surface area contributed by atoms with Gasteiger partial charge in [-0.15, -0.1) is 0 Å². The molecule has 2 aromatic rings. The van der Waals surface area contributed by atoms with Gasteiger partial charge < -0.3 is 16.0 Å². The second-order valence-electron chi connectivity index (χ2n) is 5.53. The highest BCUT2D eigenvalue weighted by atomic mass is 79.9. The molecule has 0 atom stereocenters. The van der Waals surface area contributed by atoms with Gasteiger partial charge in [0.2, 0.25) is 0 Å². The van der Waals surface area contributed by atoms with Crippen molar-refractivity contribution < 1.29 is 14.0 Å². The first kappa shape index (κ1) is 16.4. The van der Waals surface area contributed by atoms with E-state index in [1.54, 1.807) is 24.3 Å². The Morgan fingerprint density at radius 1 is 1.00 bits per heavy atom. The maximum Gasteiger partial charge on any atom is 0.319 e. The SMILES string of the molecule is O=C(Nc1ccc(NC(=O)c2cc(Br)ccc2F)cc1)NC1CC1. The second-order valence-corrected chi connectivity index (χ2v) is 6.44. The Morgan fingerprint density at radius 2 is 1.62 bits per heavy atom. The van der Waals surface area contributed by atoms with Gasteiger partial charge in [0.1, 0.15) is 5.82 Å². The van der Waals surface area contributed by atoms with Gasteiger partial charge in [-0.1, -0.05) is 15.9 Å². The quantitative estimate of drug-likeness (QED) is 0.733. The minimum atomic E-state index is -0.592. The third-order valence-electron chi connectivity index (χ3n) is 3.49. The molecule has 0 radical (unpaired) electrons. The Labute approximate surface area is 146 Å². The molecule has 3 N–H and O–H groups in total. The average Bonchev–Trinajstić information content (AvgIpc) is 3.35. The third kappa shape index (κ3) is 4.32. The van der Waals surface area contributed by atoms with E-state index < -0.39 is 11.7 Å². The monoisotopic (exact) mass is 391 g/mol. The van der Waals surface area contributed by atoms with Crippen molar-refractivity contribution in [2.45, 2.75) is 18.9 Å². The number of carbonyl (C=O) groups is 2. The molecule has 124 valence electrons. The predicted molar refractivity (Wildman–Crippen MR) is 93.7 cm³/mol. The number of urea groups is 1. The Kier molecular flexibility index (Phi) is 4.80. The van der Waals surface area contributed by atoms with E-state index in [1.807, 2.05) is 0 Å². The highest BCUT2D eigenvalue weighted by Crippen LogP contribution is 2.20. The topological polar surface area (TPSA) is 70.2 Å². The smallest absolute Gasteiger partial charge is 0.319 e. The van der Waals surface area contributed by atoms with Gasteiger partial charge in [0.15, 0.2) is 0 Å². The predicted octanol–water partition coefficient (Wildman–Crippen LogP) is 4.12. The summed E-state index contributed by atoms with van der Waals surface area (Å²) in [7, 11) is 0. The molecule has 0 spiro atoms. The summed E-state index contributed by atoms with van der Waals surface area (Å²) < 4.78 is 14.3. The average molecular weight is 392 g/mol. The van der Waals surface area contributed by atoms with Crippen molar-refractivity contribution in [2.24, 2.45) is 0 Å². The number of hydrogen-bond donors (Lipinski definition) is 3. The molecule has 7 heteroatoms. The van der Waals surface area contributed by atoms with Crippen molar-refractivity contribution >= 4 is 39.2 Å². The van der Waals surface area contributed by atoms with Gasteiger partial charge in [-0.25, -0.2) is 9.18 Å². The second kappa shape index (κ2) is 7.00.